The van der Waals surface area contributed by atoms with Crippen molar-refractivity contribution in [2.75, 3.05) is 30.0 Å². The number of anilines is 1. The van der Waals surface area contributed by atoms with Gasteiger partial charge in [0.05, 0.1) is 24.3 Å². The van der Waals surface area contributed by atoms with Crippen molar-refractivity contribution >= 4 is 29.4 Å². The number of nitrogens with zero attached hydrogens (tertiary/aromatic N) is 3. The van der Waals surface area contributed by atoms with Crippen LogP contribution in [0.25, 0.3) is 0 Å². The molecule has 0 spiro atoms. The predicted molar refractivity (Wildman–Crippen MR) is 78.1 cm³/mol. The van der Waals surface area contributed by atoms with Gasteiger partial charge in [-0.15, -0.1) is 0 Å². The van der Waals surface area contributed by atoms with Gasteiger partial charge in [-0.05, 0) is 12.1 Å². The van der Waals surface area contributed by atoms with Gasteiger partial charge in [0.2, 0.25) is 0 Å². The fourth-order valence-corrected chi connectivity index (χ4v) is 3.19. The van der Waals surface area contributed by atoms with Crippen molar-refractivity contribution < 1.29 is 14.7 Å². The van der Waals surface area contributed by atoms with Crippen molar-refractivity contribution in [2.24, 2.45) is 0 Å². The summed E-state index contributed by atoms with van der Waals surface area (Å²) < 4.78 is 0. The Kier molecular flexibility index (Phi) is 4.84. The summed E-state index contributed by atoms with van der Waals surface area (Å²) in [5.74, 6) is 0.626. The number of carboxylic acid groups (broad SMARTS) is 1. The highest BCUT2D eigenvalue weighted by Crippen LogP contribution is 2.22. The van der Waals surface area contributed by atoms with E-state index in [-0.39, 0.29) is 18.5 Å². The highest BCUT2D eigenvalue weighted by molar-refractivity contribution is 7.99. The molecule has 0 saturated carbocycles. The summed E-state index contributed by atoms with van der Waals surface area (Å²) in [5.41, 5.74) is 0.699. The van der Waals surface area contributed by atoms with Crippen LogP contribution < -0.4 is 4.90 Å². The third-order valence-electron chi connectivity index (χ3n) is 3.20. The molecule has 1 aliphatic heterocycles. The second-order valence-corrected chi connectivity index (χ2v) is 5.72. The molecule has 1 atom stereocenters. The number of carbonyl (C=O) groups excluding carboxylic acids is 1. The number of pyridine rings is 1. The molecular weight excluding hydrogens is 278 g/mol. The first kappa shape index (κ1) is 14.6. The highest BCUT2D eigenvalue weighted by atomic mass is 32.2. The lowest BCUT2D eigenvalue weighted by Crippen LogP contribution is -2.51. The minimum Gasteiger partial charge on any atom is -0.481 e. The topological polar surface area (TPSA) is 73.7 Å². The van der Waals surface area contributed by atoms with Crippen molar-refractivity contribution in [3.63, 3.8) is 0 Å². The summed E-state index contributed by atoms with van der Waals surface area (Å²) in [6.45, 7) is 0.575. The smallest absolute Gasteiger partial charge is 0.324 e. The molecule has 2 amide bonds. The van der Waals surface area contributed by atoms with E-state index in [1.54, 1.807) is 48.2 Å². The van der Waals surface area contributed by atoms with Crippen molar-refractivity contribution in [1.82, 2.24) is 9.88 Å². The van der Waals surface area contributed by atoms with Gasteiger partial charge in [-0.25, -0.2) is 4.79 Å². The maximum Gasteiger partial charge on any atom is 0.324 e. The number of amides is 2. The van der Waals surface area contributed by atoms with Crippen LogP contribution in [0.3, 0.4) is 0 Å². The quantitative estimate of drug-likeness (QED) is 0.915. The van der Waals surface area contributed by atoms with Crippen LogP contribution in [-0.2, 0) is 4.79 Å². The van der Waals surface area contributed by atoms with Crippen molar-refractivity contribution in [3.8, 4) is 0 Å². The molecule has 1 aromatic rings. The van der Waals surface area contributed by atoms with Gasteiger partial charge in [0, 0.05) is 31.3 Å². The summed E-state index contributed by atoms with van der Waals surface area (Å²) in [6, 6.07) is 3.14. The molecule has 1 aliphatic rings. The average Bonchev–Trinajstić information content (AvgIpc) is 2.46. The minimum atomic E-state index is -0.876. The molecule has 1 N–H and O–H groups in total. The number of rotatable bonds is 3. The first-order valence-electron chi connectivity index (χ1n) is 6.33. The number of carbonyl (C=O) groups is 2. The lowest BCUT2D eigenvalue weighted by molar-refractivity contribution is -0.137. The van der Waals surface area contributed by atoms with Crippen LogP contribution in [0.4, 0.5) is 10.5 Å². The summed E-state index contributed by atoms with van der Waals surface area (Å²) >= 11 is 1.69. The summed E-state index contributed by atoms with van der Waals surface area (Å²) in [6.07, 6.45) is 3.25. The van der Waals surface area contributed by atoms with Crippen LogP contribution in [-0.4, -0.2) is 58.1 Å². The average molecular weight is 295 g/mol. The summed E-state index contributed by atoms with van der Waals surface area (Å²) in [5, 5.41) is 8.95. The fourth-order valence-electron chi connectivity index (χ4n) is 2.13. The number of thioether (sulfide) groups is 1. The van der Waals surface area contributed by atoms with Gasteiger partial charge >= 0.3 is 12.0 Å². The van der Waals surface area contributed by atoms with Gasteiger partial charge in [0.15, 0.2) is 0 Å². The molecule has 1 unspecified atom stereocenters. The molecule has 1 fully saturated rings. The van der Waals surface area contributed by atoms with Gasteiger partial charge in [-0.2, -0.15) is 11.8 Å². The van der Waals surface area contributed by atoms with Gasteiger partial charge in [0.25, 0.3) is 0 Å². The van der Waals surface area contributed by atoms with Crippen molar-refractivity contribution in [3.05, 3.63) is 24.5 Å². The zero-order valence-electron chi connectivity index (χ0n) is 11.2. The molecular formula is C13H17N3O3S. The van der Waals surface area contributed by atoms with Crippen LogP contribution in [0.15, 0.2) is 24.5 Å². The minimum absolute atomic E-state index is 0.0143. The highest BCUT2D eigenvalue weighted by Gasteiger charge is 2.31. The maximum atomic E-state index is 12.5. The molecule has 0 bridgehead atoms. The lowest BCUT2D eigenvalue weighted by atomic mass is 10.2. The number of hydrogen-bond donors (Lipinski definition) is 1. The summed E-state index contributed by atoms with van der Waals surface area (Å²) in [7, 11) is 1.68. The van der Waals surface area contributed by atoms with Crippen LogP contribution >= 0.6 is 11.8 Å². The Morgan fingerprint density at radius 2 is 2.40 bits per heavy atom. The third-order valence-corrected chi connectivity index (χ3v) is 4.30. The second-order valence-electron chi connectivity index (χ2n) is 4.57. The first-order chi connectivity index (χ1) is 9.59. The molecule has 6 nitrogen and oxygen atoms in total. The van der Waals surface area contributed by atoms with E-state index in [0.717, 1.165) is 5.75 Å². The number of urea groups is 1. The van der Waals surface area contributed by atoms with E-state index in [4.69, 9.17) is 5.11 Å². The van der Waals surface area contributed by atoms with Gasteiger partial charge in [-0.1, -0.05) is 0 Å². The molecule has 7 heteroatoms. The van der Waals surface area contributed by atoms with Crippen LogP contribution in [0, 0.1) is 0 Å². The van der Waals surface area contributed by atoms with E-state index in [1.165, 1.54) is 4.90 Å². The molecule has 0 aliphatic carbocycles. The Hall–Kier alpha value is -1.76. The Balaban J connectivity index is 2.11. The summed E-state index contributed by atoms with van der Waals surface area (Å²) in [4.78, 5) is 30.6. The third kappa shape index (κ3) is 3.41. The van der Waals surface area contributed by atoms with E-state index in [9.17, 15) is 9.59 Å². The molecule has 1 saturated heterocycles. The molecule has 1 aromatic heterocycles. The Labute approximate surface area is 121 Å². The first-order valence-corrected chi connectivity index (χ1v) is 7.49. The van der Waals surface area contributed by atoms with Crippen LogP contribution in [0.2, 0.25) is 0 Å². The van der Waals surface area contributed by atoms with Crippen LogP contribution in [0.1, 0.15) is 6.42 Å². The predicted octanol–water partition coefficient (Wildman–Crippen LogP) is 1.53. The molecule has 0 radical (unpaired) electrons. The fraction of sp³-hybridized carbons (Fsp3) is 0.462. The Bertz CT molecular complexity index is 483. The molecule has 0 aromatic carbocycles. The number of hydrogen-bond acceptors (Lipinski definition) is 4. The maximum absolute atomic E-state index is 12.5. The Morgan fingerprint density at radius 3 is 3.05 bits per heavy atom. The number of aliphatic carboxylic acids is 1. The Morgan fingerprint density at radius 1 is 1.60 bits per heavy atom. The largest absolute Gasteiger partial charge is 0.481 e. The molecule has 20 heavy (non-hydrogen) atoms. The zero-order valence-corrected chi connectivity index (χ0v) is 12.0. The molecule has 2 rings (SSSR count). The molecule has 2 heterocycles. The van der Waals surface area contributed by atoms with E-state index >= 15 is 0 Å². The number of carboxylic acids is 1. The number of aromatic nitrogens is 1. The van der Waals surface area contributed by atoms with Gasteiger partial charge < -0.3 is 10.0 Å². The molecule has 108 valence electrons. The van der Waals surface area contributed by atoms with Crippen molar-refractivity contribution in [1.29, 1.82) is 0 Å². The SMILES string of the molecule is CN(C(=O)N1CCSCC1CC(=O)O)c1cccnc1. The van der Waals surface area contributed by atoms with E-state index in [1.807, 2.05) is 0 Å². The second kappa shape index (κ2) is 6.60. The lowest BCUT2D eigenvalue weighted by Gasteiger charge is -2.37. The van der Waals surface area contributed by atoms with Crippen LogP contribution in [0.5, 0.6) is 0 Å². The van der Waals surface area contributed by atoms with Gasteiger partial charge in [-0.3, -0.25) is 14.7 Å². The normalized spacial score (nSPS) is 18.6. The monoisotopic (exact) mass is 295 g/mol. The van der Waals surface area contributed by atoms with E-state index in [0.29, 0.717) is 18.0 Å². The standard InChI is InChI=1S/C13H17N3O3S/c1-15(10-3-2-4-14-8-10)13(19)16-5-6-20-9-11(16)7-12(17)18/h2-4,8,11H,5-7,9H2,1H3,(H,17,18). The van der Waals surface area contributed by atoms with E-state index in [2.05, 4.69) is 4.98 Å². The van der Waals surface area contributed by atoms with Crippen molar-refractivity contribution in [2.45, 2.75) is 12.5 Å². The van der Waals surface area contributed by atoms with Gasteiger partial charge in [0.1, 0.15) is 0 Å². The van der Waals surface area contributed by atoms with E-state index < -0.39 is 5.97 Å². The zero-order chi connectivity index (χ0) is 14.5.